The van der Waals surface area contributed by atoms with E-state index >= 15 is 0 Å². The number of nitrogens with zero attached hydrogens (tertiary/aromatic N) is 2. The molecule has 1 fully saturated rings. The standard InChI is InChI=1S/C13H21N3O/c1-9(2)11-5-4-10(3)8-12(11)15-16-13(17)6-7-14/h9-11H,4-6,8H2,1-3H3,(H,16,17)/b15-12-/t10-,11-/m1/s1. The number of nitriles is 1. The SMILES string of the molecule is CC(C)[C@H]1CC[C@@H](C)C/C1=N/NC(=O)CC#N. The maximum atomic E-state index is 11.2. The van der Waals surface area contributed by atoms with E-state index in [1.54, 1.807) is 0 Å². The van der Waals surface area contributed by atoms with Crippen LogP contribution in [-0.2, 0) is 4.79 Å². The van der Waals surface area contributed by atoms with E-state index in [-0.39, 0.29) is 12.3 Å². The molecule has 0 radical (unpaired) electrons. The smallest absolute Gasteiger partial charge is 0.254 e. The third-order valence-electron chi connectivity index (χ3n) is 3.32. The minimum Gasteiger partial charge on any atom is -0.272 e. The van der Waals surface area contributed by atoms with Crippen molar-refractivity contribution in [1.29, 1.82) is 5.26 Å². The number of amides is 1. The van der Waals surface area contributed by atoms with Crippen LogP contribution in [0, 0.1) is 29.1 Å². The van der Waals surface area contributed by atoms with E-state index in [4.69, 9.17) is 5.26 Å². The lowest BCUT2D eigenvalue weighted by Crippen LogP contribution is -2.30. The van der Waals surface area contributed by atoms with Crippen LogP contribution in [0.2, 0.25) is 0 Å². The van der Waals surface area contributed by atoms with Gasteiger partial charge in [-0.25, -0.2) is 5.43 Å². The molecule has 1 amide bonds. The summed E-state index contributed by atoms with van der Waals surface area (Å²) in [4.78, 5) is 11.2. The fraction of sp³-hybridized carbons (Fsp3) is 0.769. The van der Waals surface area contributed by atoms with Gasteiger partial charge in [-0.05, 0) is 31.1 Å². The highest BCUT2D eigenvalue weighted by molar-refractivity contribution is 5.89. The lowest BCUT2D eigenvalue weighted by molar-refractivity contribution is -0.120. The highest BCUT2D eigenvalue weighted by Crippen LogP contribution is 2.31. The number of carbonyl (C=O) groups is 1. The van der Waals surface area contributed by atoms with Gasteiger partial charge in [-0.1, -0.05) is 20.8 Å². The lowest BCUT2D eigenvalue weighted by Gasteiger charge is -2.30. The van der Waals surface area contributed by atoms with Gasteiger partial charge >= 0.3 is 0 Å². The summed E-state index contributed by atoms with van der Waals surface area (Å²) in [5.41, 5.74) is 3.57. The van der Waals surface area contributed by atoms with E-state index < -0.39 is 0 Å². The van der Waals surface area contributed by atoms with Crippen molar-refractivity contribution >= 4 is 11.6 Å². The Hall–Kier alpha value is -1.37. The number of nitrogens with one attached hydrogen (secondary N) is 1. The second kappa shape index (κ2) is 6.39. The Balaban J connectivity index is 2.66. The number of hydrogen-bond donors (Lipinski definition) is 1. The summed E-state index contributed by atoms with van der Waals surface area (Å²) in [6.45, 7) is 6.59. The molecular formula is C13H21N3O. The Morgan fingerprint density at radius 2 is 2.29 bits per heavy atom. The molecule has 0 bridgehead atoms. The number of carbonyl (C=O) groups excluding carboxylic acids is 1. The first-order chi connectivity index (χ1) is 8.04. The molecule has 1 N–H and O–H groups in total. The molecule has 0 spiro atoms. The van der Waals surface area contributed by atoms with Crippen LogP contribution < -0.4 is 5.43 Å². The molecule has 0 aromatic rings. The summed E-state index contributed by atoms with van der Waals surface area (Å²) >= 11 is 0. The molecule has 1 saturated carbocycles. The van der Waals surface area contributed by atoms with Crippen molar-refractivity contribution in [3.8, 4) is 6.07 Å². The van der Waals surface area contributed by atoms with Crippen molar-refractivity contribution in [2.75, 3.05) is 0 Å². The monoisotopic (exact) mass is 235 g/mol. The van der Waals surface area contributed by atoms with Crippen LogP contribution in [0.15, 0.2) is 5.10 Å². The molecule has 0 aromatic carbocycles. The first-order valence-electron chi connectivity index (χ1n) is 6.26. The second-order valence-corrected chi connectivity index (χ2v) is 5.21. The molecule has 17 heavy (non-hydrogen) atoms. The average molecular weight is 235 g/mol. The number of hydrogen-bond acceptors (Lipinski definition) is 3. The van der Waals surface area contributed by atoms with Crippen molar-refractivity contribution in [2.24, 2.45) is 22.9 Å². The summed E-state index contributed by atoms with van der Waals surface area (Å²) in [6.07, 6.45) is 3.20. The first-order valence-corrected chi connectivity index (χ1v) is 6.26. The number of rotatable bonds is 3. The predicted octanol–water partition coefficient (Wildman–Crippen LogP) is 2.46. The van der Waals surface area contributed by atoms with Gasteiger partial charge in [0.2, 0.25) is 0 Å². The fourth-order valence-corrected chi connectivity index (χ4v) is 2.33. The molecule has 4 nitrogen and oxygen atoms in total. The molecule has 1 rings (SSSR count). The third kappa shape index (κ3) is 4.18. The molecule has 0 heterocycles. The van der Waals surface area contributed by atoms with E-state index in [2.05, 4.69) is 31.3 Å². The van der Waals surface area contributed by atoms with Crippen molar-refractivity contribution in [2.45, 2.75) is 46.5 Å². The molecule has 2 atom stereocenters. The van der Waals surface area contributed by atoms with Crippen LogP contribution in [0.3, 0.4) is 0 Å². The molecule has 4 heteroatoms. The number of hydrazone groups is 1. The van der Waals surface area contributed by atoms with Crippen LogP contribution >= 0.6 is 0 Å². The largest absolute Gasteiger partial charge is 0.272 e. The summed E-state index contributed by atoms with van der Waals surface area (Å²) in [5, 5.41) is 12.6. The van der Waals surface area contributed by atoms with Crippen molar-refractivity contribution in [3.05, 3.63) is 0 Å². The van der Waals surface area contributed by atoms with Crippen LogP contribution in [0.5, 0.6) is 0 Å². The van der Waals surface area contributed by atoms with Gasteiger partial charge in [0.15, 0.2) is 0 Å². The maximum Gasteiger partial charge on any atom is 0.254 e. The fourth-order valence-electron chi connectivity index (χ4n) is 2.33. The summed E-state index contributed by atoms with van der Waals surface area (Å²) in [5.74, 6) is 1.33. The van der Waals surface area contributed by atoms with Gasteiger partial charge < -0.3 is 0 Å². The van der Waals surface area contributed by atoms with Crippen LogP contribution in [0.1, 0.15) is 46.5 Å². The molecule has 1 aliphatic rings. The topological polar surface area (TPSA) is 65.2 Å². The summed E-state index contributed by atoms with van der Waals surface area (Å²) < 4.78 is 0. The minimum atomic E-state index is -0.319. The summed E-state index contributed by atoms with van der Waals surface area (Å²) in [7, 11) is 0. The van der Waals surface area contributed by atoms with Gasteiger partial charge in [0.1, 0.15) is 6.42 Å². The third-order valence-corrected chi connectivity index (χ3v) is 3.32. The Bertz CT molecular complexity index is 341. The van der Waals surface area contributed by atoms with Crippen molar-refractivity contribution in [1.82, 2.24) is 5.43 Å². The van der Waals surface area contributed by atoms with E-state index in [1.807, 2.05) is 6.07 Å². The molecule has 0 aromatic heterocycles. The maximum absolute atomic E-state index is 11.2. The van der Waals surface area contributed by atoms with E-state index in [9.17, 15) is 4.79 Å². The van der Waals surface area contributed by atoms with Gasteiger partial charge in [-0.15, -0.1) is 0 Å². The predicted molar refractivity (Wildman–Crippen MR) is 67.2 cm³/mol. The molecule has 0 saturated heterocycles. The Morgan fingerprint density at radius 1 is 1.59 bits per heavy atom. The zero-order valence-corrected chi connectivity index (χ0v) is 10.9. The Labute approximate surface area is 103 Å². The average Bonchev–Trinajstić information content (AvgIpc) is 2.26. The molecule has 1 aliphatic carbocycles. The van der Waals surface area contributed by atoms with E-state index in [1.165, 1.54) is 6.42 Å². The van der Waals surface area contributed by atoms with E-state index in [0.717, 1.165) is 18.6 Å². The van der Waals surface area contributed by atoms with Gasteiger partial charge in [0.05, 0.1) is 6.07 Å². The quantitative estimate of drug-likeness (QED) is 0.764. The minimum absolute atomic E-state index is 0.126. The van der Waals surface area contributed by atoms with Crippen molar-refractivity contribution < 1.29 is 4.79 Å². The van der Waals surface area contributed by atoms with Gasteiger partial charge in [0, 0.05) is 11.6 Å². The Morgan fingerprint density at radius 3 is 2.88 bits per heavy atom. The van der Waals surface area contributed by atoms with Crippen LogP contribution in [-0.4, -0.2) is 11.6 Å². The van der Waals surface area contributed by atoms with Gasteiger partial charge in [-0.3, -0.25) is 4.79 Å². The van der Waals surface area contributed by atoms with Crippen LogP contribution in [0.4, 0.5) is 0 Å². The highest BCUT2D eigenvalue weighted by Gasteiger charge is 2.27. The summed E-state index contributed by atoms with van der Waals surface area (Å²) in [6, 6.07) is 1.82. The molecular weight excluding hydrogens is 214 g/mol. The van der Waals surface area contributed by atoms with E-state index in [0.29, 0.717) is 17.8 Å². The van der Waals surface area contributed by atoms with Gasteiger partial charge in [-0.2, -0.15) is 10.4 Å². The normalized spacial score (nSPS) is 26.9. The van der Waals surface area contributed by atoms with Crippen molar-refractivity contribution in [3.63, 3.8) is 0 Å². The van der Waals surface area contributed by atoms with Crippen LogP contribution in [0.25, 0.3) is 0 Å². The molecule has 0 unspecified atom stereocenters. The van der Waals surface area contributed by atoms with Gasteiger partial charge in [0.25, 0.3) is 5.91 Å². The second-order valence-electron chi connectivity index (χ2n) is 5.21. The Kier molecular flexibility index (Phi) is 5.14. The highest BCUT2D eigenvalue weighted by atomic mass is 16.2. The molecule has 94 valence electrons. The first kappa shape index (κ1) is 13.7. The lowest BCUT2D eigenvalue weighted by atomic mass is 9.76. The zero-order valence-electron chi connectivity index (χ0n) is 10.9. The zero-order chi connectivity index (χ0) is 12.8. The molecule has 0 aliphatic heterocycles.